The molecule has 31 heteroatoms. The van der Waals surface area contributed by atoms with Gasteiger partial charge in [-0.3, -0.25) is 4.68 Å². The molecule has 0 atom stereocenters. The van der Waals surface area contributed by atoms with Crippen LogP contribution < -0.4 is 21.9 Å². The zero-order chi connectivity index (χ0) is 61.8. The zero-order valence-corrected chi connectivity index (χ0v) is 43.5. The van der Waals surface area contributed by atoms with E-state index in [2.05, 4.69) is 51.8 Å². The maximum Gasteiger partial charge on any atom is 0.416 e. The number of hydrogen-bond donors (Lipinski definition) is 0. The summed E-state index contributed by atoms with van der Waals surface area (Å²) in [7, 11) is 0. The van der Waals surface area contributed by atoms with Gasteiger partial charge in [-0.25, -0.2) is 4.68 Å². The molecule has 0 spiro atoms. The third-order valence-corrected chi connectivity index (χ3v) is 12.4. The third-order valence-electron chi connectivity index (χ3n) is 12.4. The molecule has 0 fully saturated rings. The Labute approximate surface area is 472 Å². The molecule has 7 aromatic rings. The number of rotatable bonds is 8. The summed E-state index contributed by atoms with van der Waals surface area (Å²) < 4.78 is 344. The van der Waals surface area contributed by atoms with Crippen LogP contribution in [0.15, 0.2) is 152 Å². The van der Waals surface area contributed by atoms with Crippen LogP contribution in [0.2, 0.25) is 0 Å². The van der Waals surface area contributed by atoms with E-state index in [1.165, 1.54) is 31.2 Å². The molecular weight excluding hydrogens is 1280 g/mol. The summed E-state index contributed by atoms with van der Waals surface area (Å²) in [6, 6.07) is 3.30. The quantitative estimate of drug-likeness (QED) is 0.0865. The van der Waals surface area contributed by atoms with Gasteiger partial charge in [0.15, 0.2) is 0 Å². The van der Waals surface area contributed by atoms with Crippen molar-refractivity contribution in [2.45, 2.75) is 88.2 Å². The summed E-state index contributed by atoms with van der Waals surface area (Å²) in [4.78, 5) is 0. The van der Waals surface area contributed by atoms with Crippen molar-refractivity contribution in [1.29, 1.82) is 0 Å². The van der Waals surface area contributed by atoms with Crippen LogP contribution in [0.4, 0.5) is 105 Å². The Bertz CT molecular complexity index is 2900. The first kappa shape index (κ1) is 67.7. The number of alkyl halides is 24. The van der Waals surface area contributed by atoms with E-state index in [0.717, 1.165) is 12.2 Å². The number of halogens is 24. The fourth-order valence-corrected chi connectivity index (χ4v) is 8.75. The first-order valence-corrected chi connectivity index (χ1v) is 23.7. The average molecular weight is 1310 g/mol. The summed E-state index contributed by atoms with van der Waals surface area (Å²) in [6.07, 6.45) is -35.2. The number of aromatic nitrogens is 5. The minimum atomic E-state index is -6.13. The summed E-state index contributed by atoms with van der Waals surface area (Å²) in [5, 5.41) is 12.4. The van der Waals surface area contributed by atoms with E-state index in [0.29, 0.717) is 6.54 Å². The van der Waals surface area contributed by atoms with Gasteiger partial charge in [-0.15, -0.1) is 5.10 Å². The Kier molecular flexibility index (Phi) is 20.7. The van der Waals surface area contributed by atoms with Crippen LogP contribution in [0.3, 0.4) is 0 Å². The van der Waals surface area contributed by atoms with Gasteiger partial charge >= 0.3 is 49.4 Å². The monoisotopic (exact) mass is 1310 g/mol. The Balaban J connectivity index is 0.000000386. The van der Waals surface area contributed by atoms with Gasteiger partial charge in [0.2, 0.25) is 0 Å². The van der Waals surface area contributed by atoms with Crippen molar-refractivity contribution in [3.05, 3.63) is 208 Å². The minimum absolute atomic E-state index is 0. The van der Waals surface area contributed by atoms with E-state index >= 15 is 0 Å². The summed E-state index contributed by atoms with van der Waals surface area (Å²) in [5.41, 5.74) is -28.1. The molecule has 0 unspecified atom stereocenters. The molecule has 455 valence electrons. The van der Waals surface area contributed by atoms with Gasteiger partial charge in [0, 0.05) is 31.9 Å². The molecule has 0 aliphatic heterocycles. The SMILES string of the molecule is C1=C\CC/C=C\CC/1.FC(F)(F)c1cc([B-](c2cc(C(F)(F)F)cc(C(F)(F)F)c2)(c2cc(C(F)(F)F)cc(C(F)(F)F)c2)c2cc(C(F)(F)F)cc(C(F)(F)F)c2)cc(C(F)(F)F)c1.[Rh].c1ccc(Cn2cc(Cn3cccn3)nn2)cc1. The molecule has 8 rings (SSSR count). The van der Waals surface area contributed by atoms with Crippen molar-refractivity contribution in [2.75, 3.05) is 0 Å². The van der Waals surface area contributed by atoms with Gasteiger partial charge in [0.05, 0.1) is 63.8 Å². The van der Waals surface area contributed by atoms with Gasteiger partial charge in [-0.2, -0.15) is 132 Å². The van der Waals surface area contributed by atoms with E-state index in [4.69, 9.17) is 0 Å². The zero-order valence-electron chi connectivity index (χ0n) is 41.9. The molecular formula is C53H37BF24N5Rh-. The predicted octanol–water partition coefficient (Wildman–Crippen LogP) is 15.5. The van der Waals surface area contributed by atoms with Gasteiger partial charge in [-0.1, -0.05) is 108 Å². The van der Waals surface area contributed by atoms with Crippen molar-refractivity contribution in [2.24, 2.45) is 0 Å². The number of nitrogens with zero attached hydrogens (tertiary/aromatic N) is 5. The molecule has 2 aromatic heterocycles. The van der Waals surface area contributed by atoms with Crippen LogP contribution in [-0.4, -0.2) is 30.9 Å². The van der Waals surface area contributed by atoms with Crippen LogP contribution in [0, 0.1) is 0 Å². The molecule has 5 aromatic carbocycles. The van der Waals surface area contributed by atoms with Crippen molar-refractivity contribution in [3.8, 4) is 0 Å². The van der Waals surface area contributed by atoms with Gasteiger partial charge in [0.25, 0.3) is 0 Å². The van der Waals surface area contributed by atoms with Gasteiger partial charge in [0.1, 0.15) is 11.8 Å². The smallest absolute Gasteiger partial charge is 0.267 e. The van der Waals surface area contributed by atoms with E-state index in [1.54, 1.807) is 6.20 Å². The fourth-order valence-electron chi connectivity index (χ4n) is 8.75. The van der Waals surface area contributed by atoms with Crippen molar-refractivity contribution in [3.63, 3.8) is 0 Å². The Morgan fingerprint density at radius 1 is 0.357 bits per heavy atom. The average Bonchev–Trinajstić information content (AvgIpc) is 0.808. The minimum Gasteiger partial charge on any atom is -0.267 e. The summed E-state index contributed by atoms with van der Waals surface area (Å²) in [5.74, 6) is 0. The second-order valence-electron chi connectivity index (χ2n) is 18.4. The van der Waals surface area contributed by atoms with Crippen molar-refractivity contribution < 1.29 is 125 Å². The molecule has 1 aliphatic rings. The second kappa shape index (κ2) is 25.7. The fraction of sp³-hybridized carbons (Fsp3) is 0.264. The first-order chi connectivity index (χ1) is 38.2. The van der Waals surface area contributed by atoms with Gasteiger partial charge in [-0.05, 0) is 61.6 Å². The number of allylic oxidation sites excluding steroid dienone is 4. The van der Waals surface area contributed by atoms with Gasteiger partial charge < -0.3 is 0 Å². The van der Waals surface area contributed by atoms with Crippen LogP contribution in [0.25, 0.3) is 0 Å². The molecule has 5 nitrogen and oxygen atoms in total. The standard InChI is InChI=1S/C32H12BF24.C13H13N5.C8H12.Rh/c34-25(35,36)13-1-14(26(37,38)39)6-21(5-13)33(22-7-15(27(40,41)42)2-16(8-22)28(43,44)45,23-9-17(29(46,47)48)3-18(10-23)30(49,50)51)24-11-19(31(52,53)54)4-20(12-24)32(55,56)57;1-2-5-12(6-3-1)9-18-11-13(15-16-18)10-17-8-4-7-14-17;1-2-4-6-8-7-5-3-1;/h1-12H;1-8,11H,9-10H2;1-2,7-8H,3-6H2;/q-1;;;/b;;2-1-,8-7-;. The Morgan fingerprint density at radius 3 is 0.893 bits per heavy atom. The normalized spacial score (nSPS) is 14.7. The predicted molar refractivity (Wildman–Crippen MR) is 254 cm³/mol. The molecule has 2 heterocycles. The maximum atomic E-state index is 14.2. The molecule has 0 amide bonds. The van der Waals surface area contributed by atoms with E-state index < -0.39 is 195 Å². The molecule has 1 aliphatic carbocycles. The van der Waals surface area contributed by atoms with Crippen LogP contribution in [0.5, 0.6) is 0 Å². The van der Waals surface area contributed by atoms with Crippen LogP contribution in [0.1, 0.15) is 81.4 Å². The van der Waals surface area contributed by atoms with Crippen LogP contribution >= 0.6 is 0 Å². The topological polar surface area (TPSA) is 48.5 Å². The van der Waals surface area contributed by atoms with Crippen molar-refractivity contribution >= 4 is 28.0 Å². The van der Waals surface area contributed by atoms with E-state index in [9.17, 15) is 105 Å². The molecule has 0 N–H and O–H groups in total. The Morgan fingerprint density at radius 2 is 0.643 bits per heavy atom. The maximum absolute atomic E-state index is 14.2. The van der Waals surface area contributed by atoms with E-state index in [-0.39, 0.29) is 19.5 Å². The molecule has 0 bridgehead atoms. The Hall–Kier alpha value is -7.06. The third kappa shape index (κ3) is 17.5. The largest absolute Gasteiger partial charge is 0.416 e. The second-order valence-corrected chi connectivity index (χ2v) is 18.4. The summed E-state index contributed by atoms with van der Waals surface area (Å²) >= 11 is 0. The molecule has 1 radical (unpaired) electrons. The van der Waals surface area contributed by atoms with Crippen LogP contribution in [-0.2, 0) is 82.0 Å². The number of benzene rings is 5. The molecule has 0 saturated heterocycles. The van der Waals surface area contributed by atoms with E-state index in [1.807, 2.05) is 46.0 Å². The summed E-state index contributed by atoms with van der Waals surface area (Å²) in [6.45, 7) is 1.40. The van der Waals surface area contributed by atoms with Crippen molar-refractivity contribution in [1.82, 2.24) is 24.8 Å². The first-order valence-electron chi connectivity index (χ1n) is 23.7. The molecule has 84 heavy (non-hydrogen) atoms. The number of hydrogen-bond acceptors (Lipinski definition) is 3. The molecule has 0 saturated carbocycles.